The lowest BCUT2D eigenvalue weighted by Crippen LogP contribution is -2.33. The van der Waals surface area contributed by atoms with Crippen molar-refractivity contribution in [2.24, 2.45) is 5.73 Å². The van der Waals surface area contributed by atoms with Crippen molar-refractivity contribution in [2.75, 3.05) is 10.0 Å². The molecule has 2 aromatic carbocycles. The fourth-order valence-corrected chi connectivity index (χ4v) is 5.78. The van der Waals surface area contributed by atoms with Crippen molar-refractivity contribution < 1.29 is 12.8 Å². The maximum atomic E-state index is 14.8. The van der Waals surface area contributed by atoms with Gasteiger partial charge in [-0.2, -0.15) is 0 Å². The van der Waals surface area contributed by atoms with E-state index in [1.54, 1.807) is 12.3 Å². The fraction of sp³-hybridized carbons (Fsp3) is 0.240. The van der Waals surface area contributed by atoms with Crippen molar-refractivity contribution in [1.29, 1.82) is 0 Å². The van der Waals surface area contributed by atoms with Crippen molar-refractivity contribution >= 4 is 44.3 Å². The molecule has 0 atom stereocenters. The Morgan fingerprint density at radius 1 is 0.972 bits per heavy atom. The van der Waals surface area contributed by atoms with Crippen LogP contribution in [0, 0.1) is 5.82 Å². The number of sulfonamides is 1. The van der Waals surface area contributed by atoms with Gasteiger partial charge in [0.15, 0.2) is 11.6 Å². The second-order valence-electron chi connectivity index (χ2n) is 8.81. The SMILES string of the molecule is NC1CCC(Nc2ncc3cc(-c4cnc(NS(=O)(=O)c5ccccc5Cl)c(F)c4)ccc3n2)CC1. The number of rotatable bonds is 6. The summed E-state index contributed by atoms with van der Waals surface area (Å²) in [5.74, 6) is -0.660. The Hall–Kier alpha value is -3.34. The summed E-state index contributed by atoms with van der Waals surface area (Å²) in [4.78, 5) is 12.9. The summed E-state index contributed by atoms with van der Waals surface area (Å²) >= 11 is 5.98. The van der Waals surface area contributed by atoms with Crippen LogP contribution in [0.1, 0.15) is 25.7 Å². The standard InChI is InChI=1S/C25H24ClFN6O2S/c26-20-3-1-2-4-23(20)36(34,35)33-24-21(27)12-16(13-29-24)15-5-10-22-17(11-15)14-30-25(32-22)31-19-8-6-18(28)7-9-19/h1-5,10-14,18-19H,6-9,28H2,(H,29,33)(H,30,31,32). The van der Waals surface area contributed by atoms with Gasteiger partial charge >= 0.3 is 0 Å². The van der Waals surface area contributed by atoms with Crippen LogP contribution in [0.3, 0.4) is 0 Å². The molecule has 1 saturated carbocycles. The molecular weight excluding hydrogens is 503 g/mol. The molecule has 2 heterocycles. The third kappa shape index (κ3) is 5.25. The molecule has 0 unspecified atom stereocenters. The summed E-state index contributed by atoms with van der Waals surface area (Å²) in [6.45, 7) is 0. The lowest BCUT2D eigenvalue weighted by atomic mass is 9.92. The topological polar surface area (TPSA) is 123 Å². The molecule has 8 nitrogen and oxygen atoms in total. The normalized spacial score (nSPS) is 18.2. The lowest BCUT2D eigenvalue weighted by Gasteiger charge is -2.26. The van der Waals surface area contributed by atoms with Gasteiger partial charge in [0.2, 0.25) is 5.95 Å². The first-order valence-corrected chi connectivity index (χ1v) is 13.4. The molecule has 0 amide bonds. The Labute approximate surface area is 213 Å². The van der Waals surface area contributed by atoms with E-state index in [4.69, 9.17) is 17.3 Å². The minimum Gasteiger partial charge on any atom is -0.351 e. The Kier molecular flexibility index (Phi) is 6.74. The molecule has 5 rings (SSSR count). The predicted octanol–water partition coefficient (Wildman–Crippen LogP) is 4.97. The second-order valence-corrected chi connectivity index (χ2v) is 10.9. The minimum absolute atomic E-state index is 0.0294. The van der Waals surface area contributed by atoms with Crippen molar-refractivity contribution in [3.05, 3.63) is 71.8 Å². The monoisotopic (exact) mass is 526 g/mol. The Morgan fingerprint density at radius 2 is 1.75 bits per heavy atom. The molecule has 36 heavy (non-hydrogen) atoms. The molecular formula is C25H24ClFN6O2S. The molecule has 0 saturated heterocycles. The predicted molar refractivity (Wildman–Crippen MR) is 139 cm³/mol. The van der Waals surface area contributed by atoms with Gasteiger partial charge in [0.1, 0.15) is 4.90 Å². The van der Waals surface area contributed by atoms with E-state index in [0.29, 0.717) is 23.1 Å². The van der Waals surface area contributed by atoms with Crippen LogP contribution in [0.4, 0.5) is 16.2 Å². The van der Waals surface area contributed by atoms with Crippen LogP contribution in [0.25, 0.3) is 22.0 Å². The summed E-state index contributed by atoms with van der Waals surface area (Å²) in [7, 11) is -4.10. The Morgan fingerprint density at radius 3 is 2.50 bits per heavy atom. The molecule has 186 valence electrons. The van der Waals surface area contributed by atoms with Crippen LogP contribution in [0.5, 0.6) is 0 Å². The smallest absolute Gasteiger partial charge is 0.264 e. The number of nitrogens with one attached hydrogen (secondary N) is 2. The van der Waals surface area contributed by atoms with E-state index in [1.807, 2.05) is 18.2 Å². The van der Waals surface area contributed by atoms with Crippen molar-refractivity contribution in [1.82, 2.24) is 15.0 Å². The van der Waals surface area contributed by atoms with E-state index in [1.165, 1.54) is 30.5 Å². The van der Waals surface area contributed by atoms with Crippen molar-refractivity contribution in [3.8, 4) is 11.1 Å². The number of nitrogens with two attached hydrogens (primary N) is 1. The first kappa shape index (κ1) is 24.4. The van der Waals surface area contributed by atoms with Crippen LogP contribution in [0.15, 0.2) is 65.8 Å². The molecule has 11 heteroatoms. The van der Waals surface area contributed by atoms with Crippen molar-refractivity contribution in [2.45, 2.75) is 42.7 Å². The summed E-state index contributed by atoms with van der Waals surface area (Å²) in [5, 5.41) is 4.20. The zero-order valence-electron chi connectivity index (χ0n) is 19.2. The number of nitrogens with zero attached hydrogens (tertiary/aromatic N) is 3. The highest BCUT2D eigenvalue weighted by Crippen LogP contribution is 2.28. The van der Waals surface area contributed by atoms with Crippen molar-refractivity contribution in [3.63, 3.8) is 0 Å². The Balaban J connectivity index is 1.34. The molecule has 1 aliphatic rings. The summed E-state index contributed by atoms with van der Waals surface area (Å²) in [6, 6.07) is 13.2. The highest BCUT2D eigenvalue weighted by molar-refractivity contribution is 7.92. The maximum absolute atomic E-state index is 14.8. The first-order valence-electron chi connectivity index (χ1n) is 11.5. The van der Waals surface area contributed by atoms with E-state index in [2.05, 4.69) is 25.0 Å². The van der Waals surface area contributed by atoms with Gasteiger partial charge in [0.25, 0.3) is 10.0 Å². The lowest BCUT2D eigenvalue weighted by molar-refractivity contribution is 0.410. The van der Waals surface area contributed by atoms with Gasteiger partial charge in [-0.05, 0) is 61.6 Å². The van der Waals surface area contributed by atoms with Crippen LogP contribution in [-0.2, 0) is 10.0 Å². The molecule has 1 fully saturated rings. The van der Waals surface area contributed by atoms with E-state index in [0.717, 1.165) is 36.6 Å². The number of hydrogen-bond donors (Lipinski definition) is 3. The molecule has 0 radical (unpaired) electrons. The van der Waals surface area contributed by atoms with Gasteiger partial charge in [-0.25, -0.2) is 27.8 Å². The van der Waals surface area contributed by atoms with Gasteiger partial charge < -0.3 is 11.1 Å². The molecule has 0 aliphatic heterocycles. The van der Waals surface area contributed by atoms with Crippen LogP contribution >= 0.6 is 11.6 Å². The minimum atomic E-state index is -4.10. The first-order chi connectivity index (χ1) is 17.3. The fourth-order valence-electron chi connectivity index (χ4n) is 4.24. The van der Waals surface area contributed by atoms with Gasteiger partial charge in [-0.1, -0.05) is 29.8 Å². The van der Waals surface area contributed by atoms with Gasteiger partial charge in [0.05, 0.1) is 10.5 Å². The number of fused-ring (bicyclic) bond motifs is 1. The third-order valence-corrected chi connectivity index (χ3v) is 8.06. The van der Waals surface area contributed by atoms with Gasteiger partial charge in [-0.3, -0.25) is 4.72 Å². The maximum Gasteiger partial charge on any atom is 0.264 e. The average molecular weight is 527 g/mol. The number of hydrogen-bond acceptors (Lipinski definition) is 7. The van der Waals surface area contributed by atoms with Crippen LogP contribution in [0.2, 0.25) is 5.02 Å². The number of pyridine rings is 1. The Bertz CT molecular complexity index is 1530. The summed E-state index contributed by atoms with van der Waals surface area (Å²) < 4.78 is 42.2. The quantitative estimate of drug-likeness (QED) is 0.324. The van der Waals surface area contributed by atoms with E-state index < -0.39 is 21.7 Å². The third-order valence-electron chi connectivity index (χ3n) is 6.22. The largest absolute Gasteiger partial charge is 0.351 e. The molecule has 4 aromatic rings. The molecule has 0 bridgehead atoms. The van der Waals surface area contributed by atoms with E-state index in [9.17, 15) is 12.8 Å². The molecule has 0 spiro atoms. The van der Waals surface area contributed by atoms with E-state index >= 15 is 0 Å². The average Bonchev–Trinajstić information content (AvgIpc) is 2.86. The van der Waals surface area contributed by atoms with Gasteiger partial charge in [-0.15, -0.1) is 0 Å². The van der Waals surface area contributed by atoms with Crippen LogP contribution in [-0.4, -0.2) is 35.5 Å². The summed E-state index contributed by atoms with van der Waals surface area (Å²) in [5.41, 5.74) is 7.91. The molecule has 2 aromatic heterocycles. The number of anilines is 2. The highest BCUT2D eigenvalue weighted by atomic mass is 35.5. The highest BCUT2D eigenvalue weighted by Gasteiger charge is 2.21. The second kappa shape index (κ2) is 9.96. The zero-order chi connectivity index (χ0) is 25.3. The zero-order valence-corrected chi connectivity index (χ0v) is 20.7. The van der Waals surface area contributed by atoms with Crippen LogP contribution < -0.4 is 15.8 Å². The number of aromatic nitrogens is 3. The molecule has 1 aliphatic carbocycles. The summed E-state index contributed by atoms with van der Waals surface area (Å²) in [6.07, 6.45) is 7.08. The number of halogens is 2. The van der Waals surface area contributed by atoms with Gasteiger partial charge in [0, 0.05) is 35.4 Å². The molecule has 4 N–H and O–H groups in total. The van der Waals surface area contributed by atoms with E-state index in [-0.39, 0.29) is 16.0 Å². The number of benzene rings is 2.